The number of halogens is 1. The molecular weight excluding hydrogens is 256 g/mol. The highest BCUT2D eigenvalue weighted by Gasteiger charge is 2.11. The van der Waals surface area contributed by atoms with Crippen molar-refractivity contribution in [3.05, 3.63) is 30.4 Å². The highest BCUT2D eigenvalue weighted by molar-refractivity contribution is 5.85. The van der Waals surface area contributed by atoms with Crippen LogP contribution in [0.4, 0.5) is 0 Å². The first-order valence-electron chi connectivity index (χ1n) is 5.11. The Bertz CT molecular complexity index is 515. The number of nitrogens with two attached hydrogens (primary N) is 1. The number of ether oxygens (including phenoxy) is 2. The smallest absolute Gasteiger partial charge is 0.151 e. The number of benzene rings is 1. The molecule has 2 rings (SSSR count). The molecule has 2 aromatic rings. The molecule has 1 aromatic carbocycles. The highest BCUT2D eigenvalue weighted by atomic mass is 35.5. The van der Waals surface area contributed by atoms with Crippen molar-refractivity contribution >= 4 is 12.4 Å². The van der Waals surface area contributed by atoms with Crippen LogP contribution in [0.2, 0.25) is 0 Å². The van der Waals surface area contributed by atoms with Crippen molar-refractivity contribution in [2.45, 2.75) is 6.54 Å². The van der Waals surface area contributed by atoms with Crippen LogP contribution in [0.1, 0.15) is 5.82 Å². The Morgan fingerprint density at radius 3 is 2.67 bits per heavy atom. The molecule has 0 fully saturated rings. The molecule has 0 saturated heterocycles. The van der Waals surface area contributed by atoms with Crippen LogP contribution in [0.3, 0.4) is 0 Å². The maximum Gasteiger partial charge on any atom is 0.151 e. The van der Waals surface area contributed by atoms with Gasteiger partial charge in [0, 0.05) is 6.07 Å². The zero-order valence-electron chi connectivity index (χ0n) is 10.2. The first-order valence-corrected chi connectivity index (χ1v) is 5.11. The molecule has 0 radical (unpaired) electrons. The van der Waals surface area contributed by atoms with Gasteiger partial charge in [0.05, 0.1) is 26.5 Å². The summed E-state index contributed by atoms with van der Waals surface area (Å²) < 4.78 is 12.3. The van der Waals surface area contributed by atoms with Gasteiger partial charge in [0.25, 0.3) is 0 Å². The van der Waals surface area contributed by atoms with Gasteiger partial charge < -0.3 is 15.2 Å². The van der Waals surface area contributed by atoms with Gasteiger partial charge in [0.1, 0.15) is 17.8 Å². The average Bonchev–Trinajstić information content (AvgIpc) is 2.86. The van der Waals surface area contributed by atoms with Gasteiger partial charge in [-0.1, -0.05) is 0 Å². The van der Waals surface area contributed by atoms with Gasteiger partial charge in [0.15, 0.2) is 5.82 Å². The Balaban J connectivity index is 0.00000162. The Labute approximate surface area is 111 Å². The lowest BCUT2D eigenvalue weighted by Gasteiger charge is -2.12. The minimum Gasteiger partial charge on any atom is -0.497 e. The summed E-state index contributed by atoms with van der Waals surface area (Å²) in [7, 11) is 3.22. The molecule has 7 heteroatoms. The predicted molar refractivity (Wildman–Crippen MR) is 69.6 cm³/mol. The quantitative estimate of drug-likeness (QED) is 0.902. The van der Waals surface area contributed by atoms with E-state index in [9.17, 15) is 0 Å². The second-order valence-electron chi connectivity index (χ2n) is 3.36. The van der Waals surface area contributed by atoms with Crippen LogP contribution >= 0.6 is 12.4 Å². The number of aromatic nitrogens is 3. The SMILES string of the molecule is COc1ccc(OC)c(-n2cnnc2CN)c1.Cl. The third-order valence-electron chi connectivity index (χ3n) is 2.45. The maximum absolute atomic E-state index is 5.60. The molecule has 0 aliphatic rings. The van der Waals surface area contributed by atoms with Gasteiger partial charge >= 0.3 is 0 Å². The lowest BCUT2D eigenvalue weighted by Crippen LogP contribution is -2.07. The average molecular weight is 271 g/mol. The monoisotopic (exact) mass is 270 g/mol. The summed E-state index contributed by atoms with van der Waals surface area (Å²) in [6, 6.07) is 5.50. The fourth-order valence-corrected chi connectivity index (χ4v) is 1.58. The summed E-state index contributed by atoms with van der Waals surface area (Å²) in [5, 5.41) is 7.77. The van der Waals surface area contributed by atoms with Crippen LogP contribution < -0.4 is 15.2 Å². The van der Waals surface area contributed by atoms with Gasteiger partial charge in [-0.2, -0.15) is 0 Å². The molecule has 0 unspecified atom stereocenters. The molecule has 98 valence electrons. The van der Waals surface area contributed by atoms with E-state index in [1.54, 1.807) is 25.1 Å². The van der Waals surface area contributed by atoms with Crippen molar-refractivity contribution in [2.24, 2.45) is 5.73 Å². The zero-order chi connectivity index (χ0) is 12.3. The molecule has 0 aliphatic carbocycles. The lowest BCUT2D eigenvalue weighted by atomic mass is 10.2. The highest BCUT2D eigenvalue weighted by Crippen LogP contribution is 2.27. The molecule has 6 nitrogen and oxygen atoms in total. The van der Waals surface area contributed by atoms with E-state index in [2.05, 4.69) is 10.2 Å². The van der Waals surface area contributed by atoms with Gasteiger partial charge in [-0.3, -0.25) is 4.57 Å². The molecule has 2 N–H and O–H groups in total. The molecule has 0 saturated carbocycles. The van der Waals surface area contributed by atoms with Crippen LogP contribution in [0.15, 0.2) is 24.5 Å². The summed E-state index contributed by atoms with van der Waals surface area (Å²) >= 11 is 0. The van der Waals surface area contributed by atoms with E-state index in [1.807, 2.05) is 18.2 Å². The van der Waals surface area contributed by atoms with Crippen molar-refractivity contribution in [2.75, 3.05) is 14.2 Å². The molecule has 0 aliphatic heterocycles. The molecule has 0 atom stereocenters. The van der Waals surface area contributed by atoms with Crippen molar-refractivity contribution in [1.29, 1.82) is 0 Å². The van der Waals surface area contributed by atoms with Gasteiger partial charge in [-0.15, -0.1) is 22.6 Å². The number of rotatable bonds is 4. The minimum absolute atomic E-state index is 0. The number of nitrogens with zero attached hydrogens (tertiary/aromatic N) is 3. The molecular formula is C11H15ClN4O2. The van der Waals surface area contributed by atoms with Crippen LogP contribution in [-0.4, -0.2) is 29.0 Å². The van der Waals surface area contributed by atoms with Crippen LogP contribution in [0.5, 0.6) is 11.5 Å². The minimum atomic E-state index is 0. The third kappa shape index (κ3) is 2.55. The van der Waals surface area contributed by atoms with E-state index < -0.39 is 0 Å². The largest absolute Gasteiger partial charge is 0.497 e. The van der Waals surface area contributed by atoms with Gasteiger partial charge in [-0.05, 0) is 12.1 Å². The van der Waals surface area contributed by atoms with Gasteiger partial charge in [-0.25, -0.2) is 0 Å². The Morgan fingerprint density at radius 1 is 1.28 bits per heavy atom. The normalized spacial score (nSPS) is 9.72. The Kier molecular flexibility index (Phi) is 4.94. The fraction of sp³-hybridized carbons (Fsp3) is 0.273. The van der Waals surface area contributed by atoms with E-state index in [0.29, 0.717) is 18.1 Å². The molecule has 0 bridgehead atoms. The predicted octanol–water partition coefficient (Wildman–Crippen LogP) is 1.16. The molecule has 1 heterocycles. The summed E-state index contributed by atoms with van der Waals surface area (Å²) in [5.74, 6) is 2.11. The van der Waals surface area contributed by atoms with E-state index in [4.69, 9.17) is 15.2 Å². The van der Waals surface area contributed by atoms with E-state index in [-0.39, 0.29) is 12.4 Å². The molecule has 1 aromatic heterocycles. The third-order valence-corrected chi connectivity index (χ3v) is 2.45. The topological polar surface area (TPSA) is 75.2 Å². The number of methoxy groups -OCH3 is 2. The molecule has 0 amide bonds. The summed E-state index contributed by atoms with van der Waals surface area (Å²) in [5.41, 5.74) is 6.40. The van der Waals surface area contributed by atoms with Crippen molar-refractivity contribution < 1.29 is 9.47 Å². The van der Waals surface area contributed by atoms with Crippen molar-refractivity contribution in [3.63, 3.8) is 0 Å². The first kappa shape index (κ1) is 14.3. The summed E-state index contributed by atoms with van der Waals surface area (Å²) in [6.45, 7) is 0.306. The zero-order valence-corrected chi connectivity index (χ0v) is 11.0. The second kappa shape index (κ2) is 6.23. The maximum atomic E-state index is 5.60. The van der Waals surface area contributed by atoms with Crippen molar-refractivity contribution in [1.82, 2.24) is 14.8 Å². The van der Waals surface area contributed by atoms with Crippen molar-refractivity contribution in [3.8, 4) is 17.2 Å². The van der Waals surface area contributed by atoms with E-state index in [0.717, 1.165) is 11.4 Å². The standard InChI is InChI=1S/C11H14N4O2.ClH/c1-16-8-3-4-10(17-2)9(5-8)15-7-13-14-11(15)6-12;/h3-5,7H,6,12H2,1-2H3;1H. The lowest BCUT2D eigenvalue weighted by molar-refractivity contribution is 0.401. The number of hydrogen-bond donors (Lipinski definition) is 1. The second-order valence-corrected chi connectivity index (χ2v) is 3.36. The molecule has 18 heavy (non-hydrogen) atoms. The van der Waals surface area contributed by atoms with Crippen LogP contribution in [0.25, 0.3) is 5.69 Å². The summed E-state index contributed by atoms with van der Waals surface area (Å²) in [4.78, 5) is 0. The summed E-state index contributed by atoms with van der Waals surface area (Å²) in [6.07, 6.45) is 1.60. The van der Waals surface area contributed by atoms with Gasteiger partial charge in [0.2, 0.25) is 0 Å². The molecule has 0 spiro atoms. The van der Waals surface area contributed by atoms with Crippen LogP contribution in [0, 0.1) is 0 Å². The number of hydrogen-bond acceptors (Lipinski definition) is 5. The van der Waals surface area contributed by atoms with E-state index >= 15 is 0 Å². The van der Waals surface area contributed by atoms with Crippen LogP contribution in [-0.2, 0) is 6.54 Å². The Morgan fingerprint density at radius 2 is 2.06 bits per heavy atom. The first-order chi connectivity index (χ1) is 8.30. The fourth-order valence-electron chi connectivity index (χ4n) is 1.58. The van der Waals surface area contributed by atoms with E-state index in [1.165, 1.54) is 0 Å². The Hall–Kier alpha value is -1.79.